The quantitative estimate of drug-likeness (QED) is 0.792. The summed E-state index contributed by atoms with van der Waals surface area (Å²) >= 11 is 0. The molecule has 3 nitrogen and oxygen atoms in total. The summed E-state index contributed by atoms with van der Waals surface area (Å²) in [4.78, 5) is 2.04. The number of halogens is 1. The van der Waals surface area contributed by atoms with E-state index in [1.54, 1.807) is 13.2 Å². The van der Waals surface area contributed by atoms with Gasteiger partial charge in [-0.2, -0.15) is 0 Å². The van der Waals surface area contributed by atoms with Crippen molar-refractivity contribution >= 4 is 5.69 Å². The lowest BCUT2D eigenvalue weighted by Crippen LogP contribution is -2.36. The molecule has 0 saturated heterocycles. The summed E-state index contributed by atoms with van der Waals surface area (Å²) in [7, 11) is 1.67. The van der Waals surface area contributed by atoms with Crippen molar-refractivity contribution in [3.8, 4) is 0 Å². The largest absolute Gasteiger partial charge is 0.383 e. The molecule has 1 aromatic rings. The third-order valence-electron chi connectivity index (χ3n) is 3.77. The summed E-state index contributed by atoms with van der Waals surface area (Å²) < 4.78 is 19.5. The molecule has 4 heteroatoms. The lowest BCUT2D eigenvalue weighted by Gasteiger charge is -2.30. The van der Waals surface area contributed by atoms with Crippen LogP contribution in [-0.2, 0) is 11.3 Å². The zero-order chi connectivity index (χ0) is 14.5. The minimum Gasteiger partial charge on any atom is -0.383 e. The van der Waals surface area contributed by atoms with Crippen LogP contribution in [0.4, 0.5) is 10.1 Å². The van der Waals surface area contributed by atoms with E-state index in [9.17, 15) is 4.39 Å². The van der Waals surface area contributed by atoms with Gasteiger partial charge >= 0.3 is 0 Å². The van der Waals surface area contributed by atoms with Crippen LogP contribution in [0.25, 0.3) is 0 Å². The van der Waals surface area contributed by atoms with E-state index in [0.717, 1.165) is 18.7 Å². The molecule has 0 bridgehead atoms. The Morgan fingerprint density at radius 3 is 2.75 bits per heavy atom. The van der Waals surface area contributed by atoms with E-state index in [1.165, 1.54) is 12.8 Å². The Bertz CT molecular complexity index is 434. The molecule has 1 atom stereocenters. The van der Waals surface area contributed by atoms with Crippen molar-refractivity contribution in [3.05, 3.63) is 29.6 Å². The van der Waals surface area contributed by atoms with E-state index in [4.69, 9.17) is 4.74 Å². The smallest absolute Gasteiger partial charge is 0.146 e. The van der Waals surface area contributed by atoms with Gasteiger partial charge in [0.15, 0.2) is 0 Å². The second-order valence-electron chi connectivity index (χ2n) is 5.53. The van der Waals surface area contributed by atoms with Crippen molar-refractivity contribution in [2.24, 2.45) is 0 Å². The number of hydrogen-bond acceptors (Lipinski definition) is 3. The van der Waals surface area contributed by atoms with E-state index < -0.39 is 0 Å². The number of nitrogens with one attached hydrogen (secondary N) is 1. The van der Waals surface area contributed by atoms with Gasteiger partial charge in [0.2, 0.25) is 0 Å². The summed E-state index contributed by atoms with van der Waals surface area (Å²) in [6.45, 7) is 6.20. The average Bonchev–Trinajstić information content (AvgIpc) is 3.24. The van der Waals surface area contributed by atoms with Gasteiger partial charge in [0, 0.05) is 32.3 Å². The number of nitrogens with zero attached hydrogens (tertiary/aromatic N) is 1. The predicted octanol–water partition coefficient (Wildman–Crippen LogP) is 2.94. The molecule has 0 amide bonds. The number of hydrogen-bond donors (Lipinski definition) is 1. The second-order valence-corrected chi connectivity index (χ2v) is 5.53. The van der Waals surface area contributed by atoms with Gasteiger partial charge in [-0.1, -0.05) is 6.07 Å². The topological polar surface area (TPSA) is 24.5 Å². The Morgan fingerprint density at radius 1 is 1.45 bits per heavy atom. The van der Waals surface area contributed by atoms with Crippen molar-refractivity contribution < 1.29 is 9.13 Å². The Kier molecular flexibility index (Phi) is 5.38. The first-order valence-corrected chi connectivity index (χ1v) is 7.43. The maximum absolute atomic E-state index is 14.3. The molecule has 1 aromatic carbocycles. The monoisotopic (exact) mass is 280 g/mol. The van der Waals surface area contributed by atoms with Gasteiger partial charge in [0.05, 0.1) is 12.3 Å². The molecule has 1 aliphatic rings. The van der Waals surface area contributed by atoms with Gasteiger partial charge in [-0.15, -0.1) is 0 Å². The Hall–Kier alpha value is -1.13. The van der Waals surface area contributed by atoms with Crippen molar-refractivity contribution in [2.75, 3.05) is 25.2 Å². The van der Waals surface area contributed by atoms with Crippen LogP contribution < -0.4 is 10.2 Å². The van der Waals surface area contributed by atoms with E-state index in [-0.39, 0.29) is 11.9 Å². The van der Waals surface area contributed by atoms with Gasteiger partial charge in [0.25, 0.3) is 0 Å². The SMILES string of the molecule is CCN(c1ccc(CNC2CC2)cc1F)C(C)COC. The molecule has 1 unspecified atom stereocenters. The summed E-state index contributed by atoms with van der Waals surface area (Å²) in [6, 6.07) is 6.35. The first kappa shape index (κ1) is 15.3. The Morgan fingerprint density at radius 2 is 2.20 bits per heavy atom. The molecule has 0 aliphatic heterocycles. The van der Waals surface area contributed by atoms with Crippen LogP contribution in [0.15, 0.2) is 18.2 Å². The molecule has 2 rings (SSSR count). The third kappa shape index (κ3) is 3.93. The lowest BCUT2D eigenvalue weighted by atomic mass is 10.1. The van der Waals surface area contributed by atoms with Gasteiger partial charge in [-0.25, -0.2) is 4.39 Å². The minimum atomic E-state index is -0.148. The standard InChI is InChI=1S/C16H25FN2O/c1-4-19(12(2)11-20-3)16-8-5-13(9-15(16)17)10-18-14-6-7-14/h5,8-9,12,14,18H,4,6-7,10-11H2,1-3H3. The molecule has 1 aliphatic carbocycles. The lowest BCUT2D eigenvalue weighted by molar-refractivity contribution is 0.181. The van der Waals surface area contributed by atoms with Crippen LogP contribution >= 0.6 is 0 Å². The Labute approximate surface area is 121 Å². The van der Waals surface area contributed by atoms with Crippen molar-refractivity contribution in [1.82, 2.24) is 5.32 Å². The summed E-state index contributed by atoms with van der Waals surface area (Å²) in [6.07, 6.45) is 2.50. The van der Waals surface area contributed by atoms with E-state index >= 15 is 0 Å². The fourth-order valence-corrected chi connectivity index (χ4v) is 2.49. The fourth-order valence-electron chi connectivity index (χ4n) is 2.49. The number of rotatable bonds is 8. The van der Waals surface area contributed by atoms with Crippen LogP contribution in [0.1, 0.15) is 32.3 Å². The number of ether oxygens (including phenoxy) is 1. The highest BCUT2D eigenvalue weighted by Gasteiger charge is 2.20. The molecule has 1 fully saturated rings. The van der Waals surface area contributed by atoms with Gasteiger partial charge in [0.1, 0.15) is 5.82 Å². The summed E-state index contributed by atoms with van der Waals surface area (Å²) in [5.41, 5.74) is 1.67. The highest BCUT2D eigenvalue weighted by Crippen LogP contribution is 2.24. The summed E-state index contributed by atoms with van der Waals surface area (Å²) in [5.74, 6) is -0.148. The van der Waals surface area contributed by atoms with E-state index in [2.05, 4.69) is 12.2 Å². The molecule has 0 radical (unpaired) electrons. The van der Waals surface area contributed by atoms with Crippen LogP contribution in [0, 0.1) is 5.82 Å². The Balaban J connectivity index is 2.05. The molecule has 1 saturated carbocycles. The predicted molar refractivity (Wildman–Crippen MR) is 80.6 cm³/mol. The van der Waals surface area contributed by atoms with Gasteiger partial charge in [-0.05, 0) is 44.4 Å². The number of benzene rings is 1. The van der Waals surface area contributed by atoms with Crippen molar-refractivity contribution in [2.45, 2.75) is 45.3 Å². The third-order valence-corrected chi connectivity index (χ3v) is 3.77. The number of anilines is 1. The van der Waals surface area contributed by atoms with Crippen LogP contribution in [0.5, 0.6) is 0 Å². The van der Waals surface area contributed by atoms with Crippen LogP contribution in [0.3, 0.4) is 0 Å². The van der Waals surface area contributed by atoms with Crippen molar-refractivity contribution in [1.29, 1.82) is 0 Å². The molecule has 112 valence electrons. The molecule has 0 spiro atoms. The van der Waals surface area contributed by atoms with Crippen molar-refractivity contribution in [3.63, 3.8) is 0 Å². The highest BCUT2D eigenvalue weighted by atomic mass is 19.1. The van der Waals surface area contributed by atoms with Gasteiger partial charge in [-0.3, -0.25) is 0 Å². The zero-order valence-corrected chi connectivity index (χ0v) is 12.7. The fraction of sp³-hybridized carbons (Fsp3) is 0.625. The minimum absolute atomic E-state index is 0.148. The summed E-state index contributed by atoms with van der Waals surface area (Å²) in [5, 5.41) is 3.41. The zero-order valence-electron chi connectivity index (χ0n) is 12.7. The maximum atomic E-state index is 14.3. The normalized spacial score (nSPS) is 16.2. The maximum Gasteiger partial charge on any atom is 0.146 e. The van der Waals surface area contributed by atoms with Gasteiger partial charge < -0.3 is 15.0 Å². The van der Waals surface area contributed by atoms with E-state index in [0.29, 0.717) is 18.3 Å². The molecule has 20 heavy (non-hydrogen) atoms. The number of likely N-dealkylation sites (N-methyl/N-ethyl adjacent to an activating group) is 1. The second kappa shape index (κ2) is 7.04. The molecule has 0 aromatic heterocycles. The highest BCUT2D eigenvalue weighted by molar-refractivity contribution is 5.50. The first-order valence-electron chi connectivity index (χ1n) is 7.43. The first-order chi connectivity index (χ1) is 9.65. The van der Waals surface area contributed by atoms with Crippen LogP contribution in [0.2, 0.25) is 0 Å². The van der Waals surface area contributed by atoms with E-state index in [1.807, 2.05) is 24.0 Å². The number of methoxy groups -OCH3 is 1. The molecule has 1 N–H and O–H groups in total. The molecule has 0 heterocycles. The van der Waals surface area contributed by atoms with Crippen LogP contribution in [-0.4, -0.2) is 32.3 Å². The molecular formula is C16H25FN2O. The average molecular weight is 280 g/mol. The molecular weight excluding hydrogens is 255 g/mol.